The highest BCUT2D eigenvalue weighted by Crippen LogP contribution is 2.71. The maximum absolute atomic E-state index is 5.57. The third-order valence-electron chi connectivity index (χ3n) is 5.70. The number of methoxy groups -OCH3 is 1. The summed E-state index contributed by atoms with van der Waals surface area (Å²) in [4.78, 5) is 0. The molecule has 2 aliphatic carbocycles. The molecule has 0 aromatic heterocycles. The molecule has 3 rings (SSSR count). The SMILES string of the molecule is COc1ccccc1C1=C(Br)C2CC[C@]1(C)C2(C)C. The monoisotopic (exact) mass is 320 g/mol. The summed E-state index contributed by atoms with van der Waals surface area (Å²) < 4.78 is 6.97. The summed E-state index contributed by atoms with van der Waals surface area (Å²) in [6.45, 7) is 7.24. The lowest BCUT2D eigenvalue weighted by molar-refractivity contribution is 0.189. The molecule has 0 saturated heterocycles. The second kappa shape index (κ2) is 4.12. The van der Waals surface area contributed by atoms with E-state index in [1.165, 1.54) is 28.5 Å². The van der Waals surface area contributed by atoms with Gasteiger partial charge in [-0.1, -0.05) is 54.9 Å². The zero-order valence-corrected chi connectivity index (χ0v) is 13.7. The van der Waals surface area contributed by atoms with Crippen LogP contribution in [0.15, 0.2) is 28.7 Å². The van der Waals surface area contributed by atoms with E-state index in [1.54, 1.807) is 7.11 Å². The summed E-state index contributed by atoms with van der Waals surface area (Å²) in [5.74, 6) is 1.64. The maximum atomic E-state index is 5.57. The Labute approximate surface area is 124 Å². The average molecular weight is 321 g/mol. The molecule has 0 amide bonds. The van der Waals surface area contributed by atoms with Crippen LogP contribution in [-0.4, -0.2) is 7.11 Å². The second-order valence-electron chi connectivity index (χ2n) is 6.57. The summed E-state index contributed by atoms with van der Waals surface area (Å²) in [5.41, 5.74) is 3.29. The van der Waals surface area contributed by atoms with Gasteiger partial charge in [0.15, 0.2) is 0 Å². The van der Waals surface area contributed by atoms with Crippen LogP contribution in [0, 0.1) is 16.7 Å². The van der Waals surface area contributed by atoms with Crippen molar-refractivity contribution in [1.29, 1.82) is 0 Å². The minimum absolute atomic E-state index is 0.241. The van der Waals surface area contributed by atoms with Crippen molar-refractivity contribution < 1.29 is 4.74 Å². The van der Waals surface area contributed by atoms with Crippen LogP contribution in [0.25, 0.3) is 5.57 Å². The van der Waals surface area contributed by atoms with Crippen molar-refractivity contribution in [2.45, 2.75) is 33.6 Å². The van der Waals surface area contributed by atoms with Crippen molar-refractivity contribution in [1.82, 2.24) is 0 Å². The summed E-state index contributed by atoms with van der Waals surface area (Å²) in [5, 5.41) is 0. The second-order valence-corrected chi connectivity index (χ2v) is 7.42. The van der Waals surface area contributed by atoms with Gasteiger partial charge in [-0.15, -0.1) is 0 Å². The first-order valence-corrected chi connectivity index (χ1v) is 7.76. The van der Waals surface area contributed by atoms with Crippen molar-refractivity contribution in [2.24, 2.45) is 16.7 Å². The highest BCUT2D eigenvalue weighted by Gasteiger charge is 2.60. The predicted octanol–water partition coefficient (Wildman–Crippen LogP) is 5.26. The van der Waals surface area contributed by atoms with Gasteiger partial charge in [0.2, 0.25) is 0 Å². The molecule has 0 aliphatic heterocycles. The van der Waals surface area contributed by atoms with E-state index in [2.05, 4.69) is 54.9 Å². The van der Waals surface area contributed by atoms with Crippen molar-refractivity contribution in [3.05, 3.63) is 34.3 Å². The fourth-order valence-corrected chi connectivity index (χ4v) is 5.56. The molecule has 2 heteroatoms. The molecule has 1 aromatic rings. The molecule has 1 fully saturated rings. The Balaban J connectivity index is 2.21. The highest BCUT2D eigenvalue weighted by molar-refractivity contribution is 9.11. The van der Waals surface area contributed by atoms with Gasteiger partial charge in [-0.2, -0.15) is 0 Å². The maximum Gasteiger partial charge on any atom is 0.126 e. The van der Waals surface area contributed by atoms with E-state index >= 15 is 0 Å². The molecule has 19 heavy (non-hydrogen) atoms. The molecule has 2 aliphatic rings. The molecule has 0 radical (unpaired) electrons. The number of benzene rings is 1. The lowest BCUT2D eigenvalue weighted by atomic mass is 9.66. The van der Waals surface area contributed by atoms with E-state index in [-0.39, 0.29) is 5.41 Å². The van der Waals surface area contributed by atoms with Gasteiger partial charge < -0.3 is 4.74 Å². The first-order valence-electron chi connectivity index (χ1n) is 6.97. The Morgan fingerprint density at radius 1 is 1.21 bits per heavy atom. The van der Waals surface area contributed by atoms with Gasteiger partial charge >= 0.3 is 0 Å². The fourth-order valence-electron chi connectivity index (χ4n) is 4.11. The van der Waals surface area contributed by atoms with Crippen LogP contribution in [0.1, 0.15) is 39.2 Å². The number of halogens is 1. The molecule has 0 N–H and O–H groups in total. The molecule has 0 heterocycles. The van der Waals surface area contributed by atoms with Gasteiger partial charge in [0.1, 0.15) is 5.75 Å². The number of fused-ring (bicyclic) bond motifs is 2. The topological polar surface area (TPSA) is 9.23 Å². The smallest absolute Gasteiger partial charge is 0.126 e. The van der Waals surface area contributed by atoms with Gasteiger partial charge in [-0.25, -0.2) is 0 Å². The van der Waals surface area contributed by atoms with Gasteiger partial charge in [-0.3, -0.25) is 0 Å². The van der Waals surface area contributed by atoms with E-state index in [0.717, 1.165) is 5.75 Å². The van der Waals surface area contributed by atoms with Crippen LogP contribution in [0.3, 0.4) is 0 Å². The van der Waals surface area contributed by atoms with E-state index < -0.39 is 0 Å². The minimum Gasteiger partial charge on any atom is -0.496 e. The first-order chi connectivity index (χ1) is 8.93. The lowest BCUT2D eigenvalue weighted by Crippen LogP contribution is -2.29. The van der Waals surface area contributed by atoms with Gasteiger partial charge in [-0.05, 0) is 41.2 Å². The number of hydrogen-bond donors (Lipinski definition) is 0. The Kier molecular flexibility index (Phi) is 2.87. The molecule has 1 nitrogen and oxygen atoms in total. The Morgan fingerprint density at radius 3 is 2.47 bits per heavy atom. The summed E-state index contributed by atoms with van der Waals surface area (Å²) in [6.07, 6.45) is 2.57. The molecule has 2 atom stereocenters. The number of allylic oxidation sites excluding steroid dienone is 2. The average Bonchev–Trinajstić information content (AvgIpc) is 2.69. The molecular formula is C17H21BrO. The van der Waals surface area contributed by atoms with E-state index in [1.807, 2.05) is 6.07 Å². The number of hydrogen-bond acceptors (Lipinski definition) is 1. The standard InChI is InChI=1S/C17H21BrO/c1-16(2)12-9-10-17(16,3)14(15(12)18)11-7-5-6-8-13(11)19-4/h5-8,12H,9-10H2,1-4H3/t12?,17-/m0/s1. The molecule has 1 saturated carbocycles. The molecular weight excluding hydrogens is 300 g/mol. The molecule has 2 bridgehead atoms. The van der Waals surface area contributed by atoms with E-state index in [0.29, 0.717) is 11.3 Å². The van der Waals surface area contributed by atoms with Crippen molar-refractivity contribution in [3.8, 4) is 5.75 Å². The third kappa shape index (κ3) is 1.53. The highest BCUT2D eigenvalue weighted by atomic mass is 79.9. The predicted molar refractivity (Wildman–Crippen MR) is 83.5 cm³/mol. The Bertz CT molecular complexity index is 558. The van der Waals surface area contributed by atoms with Crippen LogP contribution in [0.5, 0.6) is 5.75 Å². The van der Waals surface area contributed by atoms with Crippen LogP contribution >= 0.6 is 15.9 Å². The van der Waals surface area contributed by atoms with E-state index in [9.17, 15) is 0 Å². The quantitative estimate of drug-likeness (QED) is 0.722. The van der Waals surface area contributed by atoms with Crippen molar-refractivity contribution in [2.75, 3.05) is 7.11 Å². The third-order valence-corrected chi connectivity index (χ3v) is 6.65. The zero-order valence-electron chi connectivity index (χ0n) is 12.1. The van der Waals surface area contributed by atoms with Crippen LogP contribution in [0.2, 0.25) is 0 Å². The fraction of sp³-hybridized carbons (Fsp3) is 0.529. The molecule has 1 aromatic carbocycles. The zero-order chi connectivity index (χ0) is 13.8. The summed E-state index contributed by atoms with van der Waals surface area (Å²) in [6, 6.07) is 8.40. The Morgan fingerprint density at radius 2 is 1.89 bits per heavy atom. The van der Waals surface area contributed by atoms with Crippen LogP contribution in [0.4, 0.5) is 0 Å². The van der Waals surface area contributed by atoms with E-state index in [4.69, 9.17) is 4.74 Å². The lowest BCUT2D eigenvalue weighted by Gasteiger charge is -2.37. The van der Waals surface area contributed by atoms with Crippen LogP contribution in [-0.2, 0) is 0 Å². The normalized spacial score (nSPS) is 31.9. The van der Waals surface area contributed by atoms with Gasteiger partial charge in [0.05, 0.1) is 7.11 Å². The molecule has 1 unspecified atom stereocenters. The molecule has 102 valence electrons. The van der Waals surface area contributed by atoms with Gasteiger partial charge in [0, 0.05) is 10.0 Å². The van der Waals surface area contributed by atoms with Crippen molar-refractivity contribution in [3.63, 3.8) is 0 Å². The van der Waals surface area contributed by atoms with Crippen molar-refractivity contribution >= 4 is 21.5 Å². The number of para-hydroxylation sites is 1. The summed E-state index contributed by atoms with van der Waals surface area (Å²) in [7, 11) is 1.76. The Hall–Kier alpha value is -0.760. The number of rotatable bonds is 2. The largest absolute Gasteiger partial charge is 0.496 e. The first kappa shape index (κ1) is 13.2. The minimum atomic E-state index is 0.241. The number of ether oxygens (including phenoxy) is 1. The summed E-state index contributed by atoms with van der Waals surface area (Å²) >= 11 is 3.90. The molecule has 0 spiro atoms. The van der Waals surface area contributed by atoms with Gasteiger partial charge in [0.25, 0.3) is 0 Å². The van der Waals surface area contributed by atoms with Crippen LogP contribution < -0.4 is 4.74 Å².